The van der Waals surface area contributed by atoms with Gasteiger partial charge in [0.15, 0.2) is 11.6 Å². The van der Waals surface area contributed by atoms with Crippen molar-refractivity contribution >= 4 is 5.91 Å². The summed E-state index contributed by atoms with van der Waals surface area (Å²) in [4.78, 5) is 19.6. The average Bonchev–Trinajstić information content (AvgIpc) is 3.29. The van der Waals surface area contributed by atoms with Crippen LogP contribution in [-0.2, 0) is 11.3 Å². The number of hydrogen-bond donors (Lipinski definition) is 0. The highest BCUT2D eigenvalue weighted by atomic mass is 16.2. The quantitative estimate of drug-likeness (QED) is 0.867. The van der Waals surface area contributed by atoms with Crippen molar-refractivity contribution in [2.24, 2.45) is 11.8 Å². The zero-order valence-electron chi connectivity index (χ0n) is 14.4. The van der Waals surface area contributed by atoms with E-state index >= 15 is 0 Å². The third kappa shape index (κ3) is 2.83. The first-order valence-electron chi connectivity index (χ1n) is 8.93. The minimum Gasteiger partial charge on any atom is -0.330 e. The Balaban J connectivity index is 1.66. The molecule has 5 heteroatoms. The maximum Gasteiger partial charge on any atom is 0.223 e. The smallest absolute Gasteiger partial charge is 0.223 e. The lowest BCUT2D eigenvalue weighted by Gasteiger charge is -2.37. The van der Waals surface area contributed by atoms with Gasteiger partial charge in [0.05, 0.1) is 12.6 Å². The van der Waals surface area contributed by atoms with Gasteiger partial charge in [-0.25, -0.2) is 9.67 Å². The largest absolute Gasteiger partial charge is 0.330 e. The summed E-state index contributed by atoms with van der Waals surface area (Å²) in [7, 11) is 0. The summed E-state index contributed by atoms with van der Waals surface area (Å²) in [5.41, 5.74) is 1.03. The van der Waals surface area contributed by atoms with Crippen molar-refractivity contribution in [3.05, 3.63) is 36.2 Å². The predicted molar refractivity (Wildman–Crippen MR) is 92.1 cm³/mol. The fourth-order valence-corrected chi connectivity index (χ4v) is 3.55. The molecule has 1 saturated carbocycles. The number of carbonyl (C=O) groups excluding carboxylic acids is 1. The zero-order chi connectivity index (χ0) is 16.7. The molecule has 0 unspecified atom stereocenters. The minimum absolute atomic E-state index is 0.0231. The Labute approximate surface area is 142 Å². The third-order valence-electron chi connectivity index (χ3n) is 5.00. The van der Waals surface area contributed by atoms with Gasteiger partial charge in [0.25, 0.3) is 0 Å². The van der Waals surface area contributed by atoms with Crippen molar-refractivity contribution in [3.63, 3.8) is 0 Å². The molecule has 0 saturated heterocycles. The Hall–Kier alpha value is -2.17. The topological polar surface area (TPSA) is 51.0 Å². The molecule has 1 amide bonds. The molecule has 2 aliphatic rings. The van der Waals surface area contributed by atoms with E-state index in [-0.39, 0.29) is 11.9 Å². The number of aromatic nitrogens is 3. The van der Waals surface area contributed by atoms with Crippen molar-refractivity contribution in [2.75, 3.05) is 6.54 Å². The van der Waals surface area contributed by atoms with Gasteiger partial charge < -0.3 is 4.90 Å². The van der Waals surface area contributed by atoms with Crippen LogP contribution in [0, 0.1) is 11.8 Å². The lowest BCUT2D eigenvalue weighted by atomic mass is 9.99. The van der Waals surface area contributed by atoms with Crippen LogP contribution in [-0.4, -0.2) is 32.1 Å². The van der Waals surface area contributed by atoms with Crippen LogP contribution in [0.25, 0.3) is 11.4 Å². The molecule has 1 aromatic carbocycles. The molecule has 24 heavy (non-hydrogen) atoms. The van der Waals surface area contributed by atoms with Crippen LogP contribution in [0.15, 0.2) is 30.3 Å². The van der Waals surface area contributed by atoms with Crippen molar-refractivity contribution in [2.45, 2.75) is 45.7 Å². The highest BCUT2D eigenvalue weighted by molar-refractivity contribution is 5.77. The van der Waals surface area contributed by atoms with E-state index < -0.39 is 0 Å². The Bertz CT molecular complexity index is 733. The average molecular weight is 324 g/mol. The van der Waals surface area contributed by atoms with Gasteiger partial charge >= 0.3 is 0 Å². The predicted octanol–water partition coefficient (Wildman–Crippen LogP) is 3.28. The number of carbonyl (C=O) groups is 1. The molecule has 1 aliphatic heterocycles. The molecule has 0 bridgehead atoms. The molecule has 0 radical (unpaired) electrons. The molecule has 0 N–H and O–H groups in total. The third-order valence-corrected chi connectivity index (χ3v) is 5.00. The van der Waals surface area contributed by atoms with Gasteiger partial charge in [0.2, 0.25) is 5.91 Å². The maximum absolute atomic E-state index is 12.7. The van der Waals surface area contributed by atoms with Gasteiger partial charge in [-0.1, -0.05) is 44.2 Å². The van der Waals surface area contributed by atoms with Gasteiger partial charge in [-0.05, 0) is 24.7 Å². The number of nitrogens with zero attached hydrogens (tertiary/aromatic N) is 4. The maximum atomic E-state index is 12.7. The number of amides is 1. The molecule has 1 aromatic heterocycles. The Kier molecular flexibility index (Phi) is 3.87. The van der Waals surface area contributed by atoms with Gasteiger partial charge in [0.1, 0.15) is 0 Å². The summed E-state index contributed by atoms with van der Waals surface area (Å²) in [6, 6.07) is 10.1. The second-order valence-electron chi connectivity index (χ2n) is 7.31. The van der Waals surface area contributed by atoms with E-state index in [2.05, 4.69) is 18.9 Å². The van der Waals surface area contributed by atoms with Crippen molar-refractivity contribution < 1.29 is 4.79 Å². The summed E-state index contributed by atoms with van der Waals surface area (Å²) >= 11 is 0. The van der Waals surface area contributed by atoms with E-state index in [1.165, 1.54) is 12.8 Å². The summed E-state index contributed by atoms with van der Waals surface area (Å²) in [5.74, 6) is 2.91. The van der Waals surface area contributed by atoms with Crippen molar-refractivity contribution in [3.8, 4) is 11.4 Å². The van der Waals surface area contributed by atoms with Crippen molar-refractivity contribution in [1.82, 2.24) is 19.7 Å². The van der Waals surface area contributed by atoms with Crippen LogP contribution in [0.4, 0.5) is 0 Å². The van der Waals surface area contributed by atoms with Gasteiger partial charge in [-0.2, -0.15) is 5.10 Å². The van der Waals surface area contributed by atoms with Crippen LogP contribution in [0.1, 0.15) is 45.0 Å². The lowest BCUT2D eigenvalue weighted by molar-refractivity contribution is -0.136. The second kappa shape index (κ2) is 6.04. The zero-order valence-corrected chi connectivity index (χ0v) is 14.4. The van der Waals surface area contributed by atoms with Crippen LogP contribution in [0.3, 0.4) is 0 Å². The monoisotopic (exact) mass is 324 g/mol. The standard InChI is InChI=1S/C19H24N4O/c1-13(2)17-19-20-18(15-6-4-3-5-7-15)21-23(19)11-10-22(17)16(24)12-14-8-9-14/h3-7,13-14,17H,8-12H2,1-2H3/t17-/m0/s1. The lowest BCUT2D eigenvalue weighted by Crippen LogP contribution is -2.44. The molecule has 2 heterocycles. The van der Waals surface area contributed by atoms with E-state index in [9.17, 15) is 4.79 Å². The Morgan fingerprint density at radius 2 is 1.96 bits per heavy atom. The molecule has 0 spiro atoms. The molecule has 4 rings (SSSR count). The van der Waals surface area contributed by atoms with E-state index in [4.69, 9.17) is 4.98 Å². The minimum atomic E-state index is 0.0231. The molecule has 1 aliphatic carbocycles. The number of fused-ring (bicyclic) bond motifs is 1. The summed E-state index contributed by atoms with van der Waals surface area (Å²) in [5, 5.41) is 4.69. The summed E-state index contributed by atoms with van der Waals surface area (Å²) < 4.78 is 1.99. The number of benzene rings is 1. The van der Waals surface area contributed by atoms with Crippen molar-refractivity contribution in [1.29, 1.82) is 0 Å². The van der Waals surface area contributed by atoms with E-state index in [1.54, 1.807) is 0 Å². The van der Waals surface area contributed by atoms with Crippen LogP contribution >= 0.6 is 0 Å². The fourth-order valence-electron chi connectivity index (χ4n) is 3.55. The van der Waals surface area contributed by atoms with Crippen LogP contribution in [0.2, 0.25) is 0 Å². The Morgan fingerprint density at radius 3 is 2.62 bits per heavy atom. The molecule has 126 valence electrons. The molecule has 1 fully saturated rings. The second-order valence-corrected chi connectivity index (χ2v) is 7.31. The summed E-state index contributed by atoms with van der Waals surface area (Å²) in [6.07, 6.45) is 3.11. The number of rotatable bonds is 4. The van der Waals surface area contributed by atoms with E-state index in [1.807, 2.05) is 39.9 Å². The molecule has 5 nitrogen and oxygen atoms in total. The van der Waals surface area contributed by atoms with E-state index in [0.717, 1.165) is 30.3 Å². The number of hydrogen-bond acceptors (Lipinski definition) is 3. The highest BCUT2D eigenvalue weighted by Gasteiger charge is 2.37. The molecule has 2 aromatic rings. The summed E-state index contributed by atoms with van der Waals surface area (Å²) in [6.45, 7) is 5.79. The first-order chi connectivity index (χ1) is 11.6. The van der Waals surface area contributed by atoms with Crippen LogP contribution in [0.5, 0.6) is 0 Å². The highest BCUT2D eigenvalue weighted by Crippen LogP contribution is 2.37. The molecular formula is C19H24N4O. The molecular weight excluding hydrogens is 300 g/mol. The normalized spacial score (nSPS) is 20.3. The SMILES string of the molecule is CC(C)[C@H]1c2nc(-c3ccccc3)nn2CCN1C(=O)CC1CC1. The van der Waals surface area contributed by atoms with Crippen LogP contribution < -0.4 is 0 Å². The van der Waals surface area contributed by atoms with Gasteiger partial charge in [-0.15, -0.1) is 0 Å². The Morgan fingerprint density at radius 1 is 1.21 bits per heavy atom. The van der Waals surface area contributed by atoms with Gasteiger partial charge in [-0.3, -0.25) is 4.79 Å². The van der Waals surface area contributed by atoms with Gasteiger partial charge in [0, 0.05) is 18.5 Å². The van der Waals surface area contributed by atoms with E-state index in [0.29, 0.717) is 18.3 Å². The molecule has 1 atom stereocenters. The first-order valence-corrected chi connectivity index (χ1v) is 8.93. The first kappa shape index (κ1) is 15.4. The fraction of sp³-hybridized carbons (Fsp3) is 0.526.